The third-order valence-corrected chi connectivity index (χ3v) is 20.9. The minimum atomic E-state index is -1.51. The summed E-state index contributed by atoms with van der Waals surface area (Å²) >= 11 is 0. The molecule has 9 fully saturated rings. The molecule has 5 aliphatic carbocycles. The van der Waals surface area contributed by atoms with Crippen molar-refractivity contribution in [1.82, 2.24) is 10.2 Å². The summed E-state index contributed by atoms with van der Waals surface area (Å²) in [5, 5.41) is 28.5. The van der Waals surface area contributed by atoms with E-state index in [1.165, 1.54) is 5.56 Å². The number of nitrogens with zero attached hydrogens (tertiary/aromatic N) is 1. The number of furan rings is 1. The molecule has 6 aliphatic heterocycles. The van der Waals surface area contributed by atoms with E-state index >= 15 is 9.59 Å². The van der Waals surface area contributed by atoms with Crippen LogP contribution < -0.4 is 5.32 Å². The molecular formula is C55H66N2O10. The van der Waals surface area contributed by atoms with Crippen LogP contribution in [0.15, 0.2) is 59.4 Å². The van der Waals surface area contributed by atoms with Crippen LogP contribution in [0.5, 0.6) is 0 Å². The summed E-state index contributed by atoms with van der Waals surface area (Å²) < 4.78 is 33.8. The standard InChI is InChI=1S/C55H66N2O10/c1-50(2)46-45(60)47(61)54-39-23-32(22-31-8-5-4-6-9-31)11-12-33(39)10-7-18-53(38-17-21-63-41(38)25-36(28-58)34-13-14-37-35(24-34)16-20-57-30-56-27-40(37)57)51(3,55(54)48(66-55)49(62)67-53)19-15-42(54)52(46)29-64-44(59)26-43(52)65-50/h4-6,8-9,16-17,20-21,32-37,39-40,42-43,46-48,56,58,61H,11-15,18-19,22-30H2,1-3H3/t32-,33-,34+,35-,36-,37-,39+,40+,42-,43+,46-,47-,48-,51+,52+,53+,54+,55-/m1/s1. The number of Topliss-reactive ketones (excluding diaryl/α,β-unsaturated/α-hetero) is 1. The maximum Gasteiger partial charge on any atom is 0.339 e. The molecule has 18 atom stereocenters. The highest BCUT2D eigenvalue weighted by atomic mass is 16.7. The van der Waals surface area contributed by atoms with Crippen molar-refractivity contribution in [1.29, 1.82) is 0 Å². The second-order valence-electron chi connectivity index (χ2n) is 23.7. The summed E-state index contributed by atoms with van der Waals surface area (Å²) in [6.07, 6.45) is 11.3. The fraction of sp³-hybridized carbons (Fsp3) is 0.691. The molecule has 4 bridgehead atoms. The lowest BCUT2D eigenvalue weighted by Gasteiger charge is -2.71. The van der Waals surface area contributed by atoms with Crippen LogP contribution in [-0.4, -0.2) is 94.8 Å². The van der Waals surface area contributed by atoms with E-state index in [4.69, 9.17) is 23.4 Å². The Morgan fingerprint density at radius 2 is 1.85 bits per heavy atom. The van der Waals surface area contributed by atoms with E-state index in [0.29, 0.717) is 49.3 Å². The van der Waals surface area contributed by atoms with Gasteiger partial charge in [-0.1, -0.05) is 55.2 Å². The van der Waals surface area contributed by atoms with Crippen molar-refractivity contribution in [3.05, 3.63) is 71.8 Å². The van der Waals surface area contributed by atoms with Gasteiger partial charge in [0, 0.05) is 53.3 Å². The summed E-state index contributed by atoms with van der Waals surface area (Å²) in [6, 6.07) is 13.0. The van der Waals surface area contributed by atoms with Crippen molar-refractivity contribution in [2.75, 3.05) is 26.4 Å². The van der Waals surface area contributed by atoms with E-state index in [9.17, 15) is 15.0 Å². The predicted octanol–water partition coefficient (Wildman–Crippen LogP) is 5.87. The normalized spacial score (nSPS) is 47.6. The van der Waals surface area contributed by atoms with Crippen LogP contribution >= 0.6 is 0 Å². The number of hydrogen-bond donors (Lipinski definition) is 3. The second kappa shape index (κ2) is 14.8. The van der Waals surface area contributed by atoms with Crippen LogP contribution in [-0.2, 0) is 51.8 Å². The number of benzene rings is 1. The monoisotopic (exact) mass is 914 g/mol. The molecule has 1 aromatic heterocycles. The zero-order chi connectivity index (χ0) is 45.9. The number of cyclic esters (lactones) is 1. The van der Waals surface area contributed by atoms with Crippen molar-refractivity contribution in [2.45, 2.75) is 139 Å². The Balaban J connectivity index is 0.950. The highest BCUT2D eigenvalue weighted by Crippen LogP contribution is 2.84. The van der Waals surface area contributed by atoms with Crippen molar-refractivity contribution >= 4 is 17.7 Å². The summed E-state index contributed by atoms with van der Waals surface area (Å²) in [5.74, 6) is 6.69. The van der Waals surface area contributed by atoms with E-state index in [2.05, 4.69) is 65.5 Å². The van der Waals surface area contributed by atoms with E-state index in [0.717, 1.165) is 57.3 Å². The third kappa shape index (κ3) is 5.47. The molecule has 5 saturated heterocycles. The summed E-state index contributed by atoms with van der Waals surface area (Å²) in [6.45, 7) is 7.92. The molecule has 1 aromatic carbocycles. The van der Waals surface area contributed by atoms with E-state index < -0.39 is 69.2 Å². The molecule has 67 heavy (non-hydrogen) atoms. The SMILES string of the molecule is CC1(C)O[C@H]2CC(=O)OC[C@@]23[C@@H]1C(=O)[C@@H](O)[C@]12[C@@H]3CC[C@]3(C)[C@@]14O[C@@H]4C(=O)O[C@]3(c1ccoc1C[C@H](CO)[C@H]1CC[C@@H]3[C@H](C=CN4CNC[C@@H]34)C1)CC#C[C@@H]1CC[C@H](Cc3ccccc3)C[C@@H]12. The molecule has 13 rings (SSSR count). The van der Waals surface area contributed by atoms with Crippen LogP contribution in [0.2, 0.25) is 0 Å². The molecule has 7 heterocycles. The molecule has 11 aliphatic rings. The van der Waals surface area contributed by atoms with E-state index in [1.54, 1.807) is 6.26 Å². The van der Waals surface area contributed by atoms with Gasteiger partial charge in [0.15, 0.2) is 17.5 Å². The molecule has 0 amide bonds. The molecule has 4 saturated carbocycles. The lowest BCUT2D eigenvalue weighted by molar-refractivity contribution is -0.295. The molecule has 12 heteroatoms. The van der Waals surface area contributed by atoms with Gasteiger partial charge in [-0.25, -0.2) is 4.79 Å². The van der Waals surface area contributed by atoms with Crippen LogP contribution in [0.3, 0.4) is 0 Å². The van der Waals surface area contributed by atoms with Gasteiger partial charge in [-0.3, -0.25) is 14.9 Å². The average molecular weight is 915 g/mol. The number of epoxide rings is 1. The second-order valence-corrected chi connectivity index (χ2v) is 23.7. The van der Waals surface area contributed by atoms with Crippen molar-refractivity contribution < 1.29 is 48.0 Å². The number of nitrogens with one attached hydrogen (secondary N) is 1. The van der Waals surface area contributed by atoms with Crippen LogP contribution in [0, 0.1) is 81.3 Å². The van der Waals surface area contributed by atoms with Gasteiger partial charge in [0.25, 0.3) is 0 Å². The molecule has 356 valence electrons. The number of fused-ring (bicyclic) bond motifs is 4. The number of aliphatic hydroxyl groups excluding tert-OH is 2. The Hall–Kier alpha value is -3.99. The van der Waals surface area contributed by atoms with E-state index in [1.807, 2.05) is 26.0 Å². The Kier molecular flexibility index (Phi) is 9.49. The molecule has 12 nitrogen and oxygen atoms in total. The topological polar surface area (TPSA) is 160 Å². The van der Waals surface area contributed by atoms with Gasteiger partial charge in [-0.05, 0) is 131 Å². The first-order valence-electron chi connectivity index (χ1n) is 25.6. The number of ketones is 1. The first kappa shape index (κ1) is 43.1. The highest BCUT2D eigenvalue weighted by molar-refractivity contribution is 5.92. The van der Waals surface area contributed by atoms with Gasteiger partial charge in [0.1, 0.15) is 24.1 Å². The first-order chi connectivity index (χ1) is 32.3. The minimum Gasteiger partial charge on any atom is -0.469 e. The first-order valence-corrected chi connectivity index (χ1v) is 25.6. The van der Waals surface area contributed by atoms with Crippen molar-refractivity contribution in [3.8, 4) is 11.8 Å². The molecule has 2 aromatic rings. The summed E-state index contributed by atoms with van der Waals surface area (Å²) in [5.41, 5.74) is -5.00. The number of allylic oxidation sites excluding steroid dienone is 1. The highest BCUT2D eigenvalue weighted by Gasteiger charge is 2.95. The zero-order valence-corrected chi connectivity index (χ0v) is 39.1. The molecule has 3 N–H and O–H groups in total. The quantitative estimate of drug-likeness (QED) is 0.173. The maximum absolute atomic E-state index is 15.8. The zero-order valence-electron chi connectivity index (χ0n) is 39.1. The van der Waals surface area contributed by atoms with Gasteiger partial charge in [0.2, 0.25) is 0 Å². The van der Waals surface area contributed by atoms with Gasteiger partial charge < -0.3 is 38.5 Å². The molecule has 0 radical (unpaired) electrons. The number of carbonyl (C=O) groups is 3. The number of aliphatic hydroxyl groups is 2. The van der Waals surface area contributed by atoms with Crippen LogP contribution in [0.1, 0.15) is 102 Å². The van der Waals surface area contributed by atoms with Gasteiger partial charge >= 0.3 is 11.9 Å². The van der Waals surface area contributed by atoms with Gasteiger partial charge in [0.05, 0.1) is 43.4 Å². The number of esters is 2. The fourth-order valence-electron chi connectivity index (χ4n) is 18.4. The summed E-state index contributed by atoms with van der Waals surface area (Å²) in [7, 11) is 0. The maximum atomic E-state index is 15.8. The minimum absolute atomic E-state index is 0.00181. The Morgan fingerprint density at radius 3 is 2.69 bits per heavy atom. The Bertz CT molecular complexity index is 2480. The lowest BCUT2D eigenvalue weighted by atomic mass is 9.31. The molecule has 0 unspecified atom stereocenters. The number of rotatable bonds is 7. The Morgan fingerprint density at radius 1 is 1.00 bits per heavy atom. The van der Waals surface area contributed by atoms with Crippen molar-refractivity contribution in [3.63, 3.8) is 0 Å². The van der Waals surface area contributed by atoms with Gasteiger partial charge in [-0.2, -0.15) is 0 Å². The number of carbonyl (C=O) groups excluding carboxylic acids is 3. The predicted molar refractivity (Wildman–Crippen MR) is 242 cm³/mol. The smallest absolute Gasteiger partial charge is 0.339 e. The fourth-order valence-corrected chi connectivity index (χ4v) is 18.4. The van der Waals surface area contributed by atoms with Gasteiger partial charge in [-0.15, -0.1) is 0 Å². The molecule has 3 spiro atoms. The van der Waals surface area contributed by atoms with Crippen LogP contribution in [0.4, 0.5) is 0 Å². The number of hydrogen-bond acceptors (Lipinski definition) is 12. The lowest BCUT2D eigenvalue weighted by Crippen LogP contribution is -2.81. The summed E-state index contributed by atoms with van der Waals surface area (Å²) in [4.78, 5) is 46.7. The Labute approximate surface area is 393 Å². The van der Waals surface area contributed by atoms with Crippen molar-refractivity contribution in [2.24, 2.45) is 69.5 Å². The van der Waals surface area contributed by atoms with Crippen LogP contribution in [0.25, 0.3) is 0 Å². The largest absolute Gasteiger partial charge is 0.469 e. The van der Waals surface area contributed by atoms with E-state index in [-0.39, 0.29) is 67.4 Å². The number of ether oxygens (including phenoxy) is 4. The third-order valence-electron chi connectivity index (χ3n) is 20.9. The average Bonchev–Trinajstić information content (AvgIpc) is 3.55. The molecular weight excluding hydrogens is 849 g/mol.